The van der Waals surface area contributed by atoms with Gasteiger partial charge in [-0.05, 0) is 47.5 Å². The fourth-order valence-corrected chi connectivity index (χ4v) is 8.19. The van der Waals surface area contributed by atoms with Crippen molar-refractivity contribution < 1.29 is 0 Å². The molecule has 10 rings (SSSR count). The van der Waals surface area contributed by atoms with Crippen LogP contribution in [0.3, 0.4) is 0 Å². The molecule has 0 amide bonds. The van der Waals surface area contributed by atoms with Crippen LogP contribution in [0.5, 0.6) is 0 Å². The normalized spacial score (nSPS) is 11.6. The van der Waals surface area contributed by atoms with Gasteiger partial charge in [-0.2, -0.15) is 0 Å². The van der Waals surface area contributed by atoms with Crippen LogP contribution < -0.4 is 0 Å². The molecule has 0 fully saturated rings. The van der Waals surface area contributed by atoms with E-state index in [0.717, 1.165) is 33.5 Å². The summed E-state index contributed by atoms with van der Waals surface area (Å²) >= 11 is 1.86. The monoisotopic (exact) mass is 657 g/mol. The van der Waals surface area contributed by atoms with Crippen LogP contribution in [0.2, 0.25) is 0 Å². The van der Waals surface area contributed by atoms with E-state index in [4.69, 9.17) is 19.9 Å². The van der Waals surface area contributed by atoms with Crippen molar-refractivity contribution in [1.29, 1.82) is 0 Å². The molecule has 234 valence electrons. The zero-order chi connectivity index (χ0) is 33.0. The van der Waals surface area contributed by atoms with Crippen molar-refractivity contribution in [3.8, 4) is 51.1 Å². The average Bonchev–Trinajstić information content (AvgIpc) is 3.74. The maximum Gasteiger partial charge on any atom is 0.165 e. The average molecular weight is 658 g/mol. The predicted molar refractivity (Wildman–Crippen MR) is 207 cm³/mol. The van der Waals surface area contributed by atoms with Crippen LogP contribution in [0.1, 0.15) is 0 Å². The van der Waals surface area contributed by atoms with Crippen LogP contribution in [0.4, 0.5) is 0 Å². The van der Waals surface area contributed by atoms with E-state index in [0.29, 0.717) is 17.5 Å². The van der Waals surface area contributed by atoms with Crippen molar-refractivity contribution in [1.82, 2.24) is 24.5 Å². The van der Waals surface area contributed by atoms with Gasteiger partial charge < -0.3 is 0 Å². The molecule has 4 aromatic heterocycles. The number of nitrogens with zero attached hydrogens (tertiary/aromatic N) is 5. The summed E-state index contributed by atoms with van der Waals surface area (Å²) in [5.74, 6) is 2.67. The standard InChI is InChI=1S/C44H27N5S/c1-3-12-28(13-4-1)42-46-43(29-14-5-2-6-15-29)48-44(47-42)31-23-25-40(45-27-31)49-37-20-9-7-16-33(37)36-26-30(22-24-38(36)49)32-18-11-19-35-34-17-8-10-21-39(34)50-41(32)35/h1-27H. The molecular weight excluding hydrogens is 631 g/mol. The highest BCUT2D eigenvalue weighted by molar-refractivity contribution is 7.26. The summed E-state index contributed by atoms with van der Waals surface area (Å²) in [7, 11) is 0. The number of aromatic nitrogens is 5. The Morgan fingerprint density at radius 1 is 0.420 bits per heavy atom. The van der Waals surface area contributed by atoms with Gasteiger partial charge in [0.25, 0.3) is 0 Å². The van der Waals surface area contributed by atoms with Gasteiger partial charge >= 0.3 is 0 Å². The van der Waals surface area contributed by atoms with E-state index in [-0.39, 0.29) is 0 Å². The fourth-order valence-electron chi connectivity index (χ4n) is 6.95. The lowest BCUT2D eigenvalue weighted by Crippen LogP contribution is -2.01. The molecule has 4 heterocycles. The third-order valence-corrected chi connectivity index (χ3v) is 10.5. The number of hydrogen-bond acceptors (Lipinski definition) is 5. The second-order valence-electron chi connectivity index (χ2n) is 12.3. The zero-order valence-corrected chi connectivity index (χ0v) is 27.5. The molecule has 6 heteroatoms. The summed E-state index contributed by atoms with van der Waals surface area (Å²) in [5.41, 5.74) is 7.38. The molecule has 0 aliphatic heterocycles. The summed E-state index contributed by atoms with van der Waals surface area (Å²) in [4.78, 5) is 19.6. The van der Waals surface area contributed by atoms with Crippen LogP contribution in [-0.4, -0.2) is 24.5 Å². The van der Waals surface area contributed by atoms with Gasteiger partial charge in [-0.3, -0.25) is 4.57 Å². The molecule has 0 unspecified atom stereocenters. The molecule has 0 bridgehead atoms. The smallest absolute Gasteiger partial charge is 0.165 e. The van der Waals surface area contributed by atoms with E-state index in [1.165, 1.54) is 42.1 Å². The molecule has 0 saturated heterocycles. The van der Waals surface area contributed by atoms with E-state index in [2.05, 4.69) is 102 Å². The number of hydrogen-bond donors (Lipinski definition) is 0. The van der Waals surface area contributed by atoms with Crippen molar-refractivity contribution >= 4 is 53.3 Å². The minimum absolute atomic E-state index is 0.582. The van der Waals surface area contributed by atoms with Crippen molar-refractivity contribution in [2.24, 2.45) is 0 Å². The maximum atomic E-state index is 5.01. The van der Waals surface area contributed by atoms with Crippen LogP contribution in [-0.2, 0) is 0 Å². The van der Waals surface area contributed by atoms with Gasteiger partial charge in [-0.1, -0.05) is 121 Å². The molecule has 0 aliphatic rings. The molecule has 5 nitrogen and oxygen atoms in total. The highest BCUT2D eigenvalue weighted by atomic mass is 32.1. The number of rotatable bonds is 5. The van der Waals surface area contributed by atoms with Gasteiger partial charge in [0.05, 0.1) is 11.0 Å². The summed E-state index contributed by atoms with van der Waals surface area (Å²) < 4.78 is 4.88. The van der Waals surface area contributed by atoms with Gasteiger partial charge in [0.2, 0.25) is 0 Å². The lowest BCUT2D eigenvalue weighted by Gasteiger charge is -2.10. The van der Waals surface area contributed by atoms with Crippen molar-refractivity contribution in [3.63, 3.8) is 0 Å². The number of fused-ring (bicyclic) bond motifs is 6. The largest absolute Gasteiger partial charge is 0.294 e. The van der Waals surface area contributed by atoms with E-state index in [1.54, 1.807) is 0 Å². The Balaban J connectivity index is 1.09. The Morgan fingerprint density at radius 3 is 1.74 bits per heavy atom. The summed E-state index contributed by atoms with van der Waals surface area (Å²) in [6, 6.07) is 54.9. The first-order valence-electron chi connectivity index (χ1n) is 16.6. The molecule has 10 aromatic rings. The third kappa shape index (κ3) is 4.69. The van der Waals surface area contributed by atoms with Gasteiger partial charge in [0.15, 0.2) is 17.5 Å². The van der Waals surface area contributed by atoms with Crippen LogP contribution in [0.25, 0.3) is 93.1 Å². The third-order valence-electron chi connectivity index (χ3n) is 9.32. The van der Waals surface area contributed by atoms with Crippen molar-refractivity contribution in [2.45, 2.75) is 0 Å². The van der Waals surface area contributed by atoms with E-state index in [1.807, 2.05) is 78.2 Å². The SMILES string of the molecule is c1ccc(-c2nc(-c3ccccc3)nc(-c3ccc(-n4c5ccccc5c5cc(-c6cccc7c6sc6ccccc67)ccc54)nc3)n2)cc1. The van der Waals surface area contributed by atoms with E-state index < -0.39 is 0 Å². The van der Waals surface area contributed by atoms with Gasteiger partial charge in [-0.25, -0.2) is 19.9 Å². The molecule has 6 aromatic carbocycles. The van der Waals surface area contributed by atoms with Crippen LogP contribution >= 0.6 is 11.3 Å². The van der Waals surface area contributed by atoms with Crippen molar-refractivity contribution in [3.05, 3.63) is 164 Å². The van der Waals surface area contributed by atoms with E-state index in [9.17, 15) is 0 Å². The van der Waals surface area contributed by atoms with E-state index >= 15 is 0 Å². The first-order valence-corrected chi connectivity index (χ1v) is 17.4. The number of para-hydroxylation sites is 1. The summed E-state index contributed by atoms with van der Waals surface area (Å²) in [6.07, 6.45) is 1.87. The Morgan fingerprint density at radius 2 is 1.02 bits per heavy atom. The van der Waals surface area contributed by atoms with Crippen LogP contribution in [0.15, 0.2) is 164 Å². The quantitative estimate of drug-likeness (QED) is 0.185. The molecule has 50 heavy (non-hydrogen) atoms. The molecular formula is C44H27N5S. The Labute approximate surface area is 291 Å². The Bertz CT molecular complexity index is 2800. The molecule has 0 aliphatic carbocycles. The summed E-state index contributed by atoms with van der Waals surface area (Å²) in [6.45, 7) is 0. The minimum atomic E-state index is 0.582. The van der Waals surface area contributed by atoms with Gasteiger partial charge in [-0.15, -0.1) is 11.3 Å². The molecule has 0 N–H and O–H groups in total. The molecule has 0 spiro atoms. The number of benzene rings is 6. The van der Waals surface area contributed by atoms with Gasteiger partial charge in [0, 0.05) is 53.8 Å². The highest BCUT2D eigenvalue weighted by Gasteiger charge is 2.17. The lowest BCUT2D eigenvalue weighted by atomic mass is 10.0. The lowest BCUT2D eigenvalue weighted by molar-refractivity contribution is 1.05. The minimum Gasteiger partial charge on any atom is -0.294 e. The van der Waals surface area contributed by atoms with Gasteiger partial charge in [0.1, 0.15) is 5.82 Å². The maximum absolute atomic E-state index is 5.01. The fraction of sp³-hybridized carbons (Fsp3) is 0. The Hall–Kier alpha value is -6.50. The number of pyridine rings is 1. The van der Waals surface area contributed by atoms with Crippen LogP contribution in [0, 0.1) is 0 Å². The second-order valence-corrected chi connectivity index (χ2v) is 13.4. The zero-order valence-electron chi connectivity index (χ0n) is 26.7. The number of thiophene rings is 1. The Kier molecular flexibility index (Phi) is 6.60. The van der Waals surface area contributed by atoms with Crippen molar-refractivity contribution in [2.75, 3.05) is 0 Å². The molecule has 0 saturated carbocycles. The predicted octanol–water partition coefficient (Wildman–Crippen LogP) is 11.4. The second kappa shape index (κ2) is 11.6. The first-order chi connectivity index (χ1) is 24.8. The first kappa shape index (κ1) is 28.5. The highest BCUT2D eigenvalue weighted by Crippen LogP contribution is 2.41. The molecule has 0 radical (unpaired) electrons. The topological polar surface area (TPSA) is 56.5 Å². The molecule has 0 atom stereocenters. The summed E-state index contributed by atoms with van der Waals surface area (Å²) in [5, 5.41) is 5.00.